The maximum atomic E-state index is 12.4. The topological polar surface area (TPSA) is 94.2 Å². The van der Waals surface area contributed by atoms with Crippen LogP contribution >= 0.6 is 0 Å². The zero-order valence-electron chi connectivity index (χ0n) is 19.9. The highest BCUT2D eigenvalue weighted by Crippen LogP contribution is 2.19. The van der Waals surface area contributed by atoms with Crippen molar-refractivity contribution in [3.05, 3.63) is 90.0 Å². The van der Waals surface area contributed by atoms with Crippen molar-refractivity contribution in [2.24, 2.45) is 0 Å². The highest BCUT2D eigenvalue weighted by atomic mass is 16.5. The Bertz CT molecular complexity index is 1150. The molecule has 3 rings (SSSR count). The fraction of sp³-hybridized carbons (Fsp3) is 0.222. The highest BCUT2D eigenvalue weighted by molar-refractivity contribution is 5.92. The maximum absolute atomic E-state index is 12.4. The quantitative estimate of drug-likeness (QED) is 0.443. The lowest BCUT2D eigenvalue weighted by Crippen LogP contribution is -2.33. The second-order valence-corrected chi connectivity index (χ2v) is 7.76. The molecule has 1 N–H and O–H groups in total. The van der Waals surface area contributed by atoms with Gasteiger partial charge in [0.15, 0.2) is 13.2 Å². The minimum absolute atomic E-state index is 0.153. The molecule has 3 aromatic rings. The monoisotopic (exact) mass is 476 g/mol. The van der Waals surface area contributed by atoms with Crippen LogP contribution in [0.3, 0.4) is 0 Å². The summed E-state index contributed by atoms with van der Waals surface area (Å²) in [5.41, 5.74) is 1.85. The molecular formula is C27H28N2O6. The third-order valence-electron chi connectivity index (χ3n) is 5.40. The van der Waals surface area contributed by atoms with Crippen LogP contribution in [0.25, 0.3) is 0 Å². The molecule has 8 nitrogen and oxygen atoms in total. The molecule has 3 aromatic carbocycles. The summed E-state index contributed by atoms with van der Waals surface area (Å²) < 4.78 is 15.8. The highest BCUT2D eigenvalue weighted by Gasteiger charge is 2.19. The van der Waals surface area contributed by atoms with E-state index < -0.39 is 5.97 Å². The summed E-state index contributed by atoms with van der Waals surface area (Å²) in [6.45, 7) is 1.33. The second-order valence-electron chi connectivity index (χ2n) is 7.76. The first-order chi connectivity index (χ1) is 16.9. The molecule has 1 unspecified atom stereocenters. The van der Waals surface area contributed by atoms with E-state index in [0.717, 1.165) is 5.56 Å². The van der Waals surface area contributed by atoms with Crippen molar-refractivity contribution < 1.29 is 28.6 Å². The molecule has 0 heterocycles. The number of nitrogens with zero attached hydrogens (tertiary/aromatic N) is 1. The molecule has 0 bridgehead atoms. The number of hydrogen-bond donors (Lipinski definition) is 1. The van der Waals surface area contributed by atoms with Gasteiger partial charge in [-0.1, -0.05) is 36.4 Å². The number of rotatable bonds is 10. The Balaban J connectivity index is 1.45. The summed E-state index contributed by atoms with van der Waals surface area (Å²) in [7, 11) is 3.22. The number of nitrogens with one attached hydrogen (secondary N) is 1. The molecular weight excluding hydrogens is 448 g/mol. The zero-order valence-corrected chi connectivity index (χ0v) is 19.9. The number of carbonyl (C=O) groups excluding carboxylic acids is 3. The predicted molar refractivity (Wildman–Crippen MR) is 131 cm³/mol. The number of ether oxygens (including phenoxy) is 3. The van der Waals surface area contributed by atoms with Gasteiger partial charge in [0.1, 0.15) is 11.5 Å². The van der Waals surface area contributed by atoms with Crippen molar-refractivity contribution in [1.29, 1.82) is 0 Å². The van der Waals surface area contributed by atoms with Crippen LogP contribution in [0.1, 0.15) is 28.9 Å². The molecule has 0 radical (unpaired) electrons. The van der Waals surface area contributed by atoms with Gasteiger partial charge in [-0.05, 0) is 48.9 Å². The van der Waals surface area contributed by atoms with E-state index in [0.29, 0.717) is 17.2 Å². The molecule has 0 saturated carbocycles. The van der Waals surface area contributed by atoms with Gasteiger partial charge in [-0.3, -0.25) is 9.59 Å². The molecule has 0 saturated heterocycles. The van der Waals surface area contributed by atoms with Crippen molar-refractivity contribution in [1.82, 2.24) is 4.90 Å². The van der Waals surface area contributed by atoms with E-state index in [9.17, 15) is 14.4 Å². The molecule has 0 aliphatic rings. The van der Waals surface area contributed by atoms with Crippen LogP contribution < -0.4 is 14.8 Å². The zero-order chi connectivity index (χ0) is 25.2. The average Bonchev–Trinajstić information content (AvgIpc) is 2.90. The van der Waals surface area contributed by atoms with E-state index >= 15 is 0 Å². The number of likely N-dealkylation sites (N-methyl/N-ethyl adjacent to an activating group) is 1. The number of benzene rings is 3. The van der Waals surface area contributed by atoms with Crippen LogP contribution in [0.15, 0.2) is 78.9 Å². The summed E-state index contributed by atoms with van der Waals surface area (Å²) in [5, 5.41) is 2.72. The number of hydrogen-bond acceptors (Lipinski definition) is 6. The van der Waals surface area contributed by atoms with Crippen LogP contribution in [0, 0.1) is 0 Å². The smallest absolute Gasteiger partial charge is 0.338 e. The SMILES string of the molecule is COc1cccc(NC(=O)COc2ccc(C(=O)OCC(=O)N(C)C(C)c3ccccc3)cc2)c1. The largest absolute Gasteiger partial charge is 0.497 e. The van der Waals surface area contributed by atoms with Gasteiger partial charge in [0.05, 0.1) is 18.7 Å². The van der Waals surface area contributed by atoms with Crippen molar-refractivity contribution in [3.8, 4) is 11.5 Å². The minimum atomic E-state index is -0.624. The molecule has 1 atom stereocenters. The lowest BCUT2D eigenvalue weighted by Gasteiger charge is -2.25. The Kier molecular flexibility index (Phi) is 8.83. The van der Waals surface area contributed by atoms with Crippen LogP contribution in [-0.4, -0.2) is 50.1 Å². The van der Waals surface area contributed by atoms with Gasteiger partial charge in [0.2, 0.25) is 0 Å². The summed E-state index contributed by atoms with van der Waals surface area (Å²) in [6.07, 6.45) is 0. The molecule has 2 amide bonds. The van der Waals surface area contributed by atoms with E-state index in [-0.39, 0.29) is 36.6 Å². The first kappa shape index (κ1) is 25.3. The molecule has 8 heteroatoms. The van der Waals surface area contributed by atoms with Crippen molar-refractivity contribution in [3.63, 3.8) is 0 Å². The van der Waals surface area contributed by atoms with E-state index in [1.807, 2.05) is 37.3 Å². The van der Waals surface area contributed by atoms with Crippen LogP contribution in [-0.2, 0) is 14.3 Å². The molecule has 35 heavy (non-hydrogen) atoms. The fourth-order valence-electron chi connectivity index (χ4n) is 3.22. The third kappa shape index (κ3) is 7.33. The van der Waals surface area contributed by atoms with Gasteiger partial charge in [0.25, 0.3) is 11.8 Å². The van der Waals surface area contributed by atoms with Crippen LogP contribution in [0.5, 0.6) is 11.5 Å². The Morgan fingerprint density at radius 3 is 2.29 bits per heavy atom. The third-order valence-corrected chi connectivity index (χ3v) is 5.40. The van der Waals surface area contributed by atoms with E-state index in [1.54, 1.807) is 50.6 Å². The van der Waals surface area contributed by atoms with E-state index in [4.69, 9.17) is 14.2 Å². The lowest BCUT2D eigenvalue weighted by atomic mass is 10.1. The second kappa shape index (κ2) is 12.2. The van der Waals surface area contributed by atoms with Gasteiger partial charge >= 0.3 is 5.97 Å². The number of carbonyl (C=O) groups is 3. The number of anilines is 1. The Morgan fingerprint density at radius 2 is 1.60 bits per heavy atom. The number of methoxy groups -OCH3 is 1. The van der Waals surface area contributed by atoms with E-state index in [2.05, 4.69) is 5.32 Å². The molecule has 182 valence electrons. The molecule has 0 aliphatic heterocycles. The summed E-state index contributed by atoms with van der Waals surface area (Å²) in [4.78, 5) is 38.4. The van der Waals surface area contributed by atoms with Crippen molar-refractivity contribution in [2.75, 3.05) is 32.7 Å². The summed E-state index contributed by atoms with van der Waals surface area (Å²) >= 11 is 0. The maximum Gasteiger partial charge on any atom is 0.338 e. The summed E-state index contributed by atoms with van der Waals surface area (Å²) in [6, 6.07) is 22.6. The number of esters is 1. The molecule has 0 aliphatic carbocycles. The molecule has 0 aromatic heterocycles. The first-order valence-corrected chi connectivity index (χ1v) is 11.0. The van der Waals surface area contributed by atoms with Gasteiger partial charge in [-0.15, -0.1) is 0 Å². The average molecular weight is 477 g/mol. The standard InChI is InChI=1S/C27H28N2O6/c1-19(20-8-5-4-6-9-20)29(2)26(31)18-35-27(32)21-12-14-23(15-13-21)34-17-25(30)28-22-10-7-11-24(16-22)33-3/h4-16,19H,17-18H2,1-3H3,(H,28,30). The molecule has 0 spiro atoms. The van der Waals surface area contributed by atoms with Gasteiger partial charge in [-0.25, -0.2) is 4.79 Å². The van der Waals surface area contributed by atoms with Crippen LogP contribution in [0.2, 0.25) is 0 Å². The Morgan fingerprint density at radius 1 is 0.886 bits per heavy atom. The lowest BCUT2D eigenvalue weighted by molar-refractivity contribution is -0.135. The van der Waals surface area contributed by atoms with Crippen molar-refractivity contribution in [2.45, 2.75) is 13.0 Å². The molecule has 0 fully saturated rings. The predicted octanol–water partition coefficient (Wildman–Crippen LogP) is 4.09. The minimum Gasteiger partial charge on any atom is -0.497 e. The van der Waals surface area contributed by atoms with Crippen molar-refractivity contribution >= 4 is 23.5 Å². The summed E-state index contributed by atoms with van der Waals surface area (Å²) in [5.74, 6) is -0.229. The first-order valence-electron chi connectivity index (χ1n) is 11.0. The Labute approximate surface area is 204 Å². The number of amides is 2. The Hall–Kier alpha value is -4.33. The van der Waals surface area contributed by atoms with Crippen LogP contribution in [0.4, 0.5) is 5.69 Å². The van der Waals surface area contributed by atoms with E-state index in [1.165, 1.54) is 17.0 Å². The van der Waals surface area contributed by atoms with Gasteiger partial charge in [0, 0.05) is 18.8 Å². The normalized spacial score (nSPS) is 11.2. The van der Waals surface area contributed by atoms with Gasteiger partial charge < -0.3 is 24.4 Å². The fourth-order valence-corrected chi connectivity index (χ4v) is 3.22. The van der Waals surface area contributed by atoms with Gasteiger partial charge in [-0.2, -0.15) is 0 Å².